The van der Waals surface area contributed by atoms with Crippen LogP contribution in [-0.4, -0.2) is 15.4 Å². The number of benzene rings is 1. The molecule has 4 heteroatoms. The van der Waals surface area contributed by atoms with Crippen LogP contribution in [0.15, 0.2) is 24.3 Å². The maximum atomic E-state index is 3.88. The molecule has 0 aliphatic heterocycles. The zero-order valence-corrected chi connectivity index (χ0v) is 5.95. The van der Waals surface area contributed by atoms with Gasteiger partial charge < -0.3 is 0 Å². The van der Waals surface area contributed by atoms with Crippen LogP contribution in [0.2, 0.25) is 0 Å². The van der Waals surface area contributed by atoms with Crippen molar-refractivity contribution < 1.29 is 17.1 Å². The Morgan fingerprint density at radius 1 is 1.00 bits per heavy atom. The Labute approximate surface area is 68.3 Å². The van der Waals surface area contributed by atoms with Crippen LogP contribution in [0.3, 0.4) is 0 Å². The third-order valence-electron chi connectivity index (χ3n) is 1.22. The Morgan fingerprint density at radius 2 is 1.50 bits per heavy atom. The van der Waals surface area contributed by atoms with Crippen molar-refractivity contribution in [3.05, 3.63) is 24.3 Å². The molecular formula is C6H5CuN3+. The van der Waals surface area contributed by atoms with Crippen molar-refractivity contribution in [2.45, 2.75) is 0 Å². The fourth-order valence-corrected chi connectivity index (χ4v) is 0.786. The number of aromatic nitrogens is 3. The van der Waals surface area contributed by atoms with Gasteiger partial charge in [0, 0.05) is 0 Å². The van der Waals surface area contributed by atoms with Crippen LogP contribution in [0.25, 0.3) is 11.0 Å². The normalized spacial score (nSPS) is 9.20. The number of aromatic amines is 1. The topological polar surface area (TPSA) is 41.6 Å². The molecule has 0 atom stereocenters. The van der Waals surface area contributed by atoms with Gasteiger partial charge >= 0.3 is 17.1 Å². The van der Waals surface area contributed by atoms with E-state index < -0.39 is 0 Å². The largest absolute Gasteiger partial charge is 1.00 e. The molecular weight excluding hydrogens is 178 g/mol. The predicted molar refractivity (Wildman–Crippen MR) is 33.9 cm³/mol. The molecule has 0 amide bonds. The van der Waals surface area contributed by atoms with Gasteiger partial charge in [-0.3, -0.25) is 0 Å². The number of para-hydroxylation sites is 2. The Bertz CT molecular complexity index is 287. The monoisotopic (exact) mass is 182 g/mol. The molecule has 54 valence electrons. The molecule has 2 rings (SSSR count). The van der Waals surface area contributed by atoms with E-state index >= 15 is 0 Å². The number of fused-ring (bicyclic) bond motifs is 1. The number of nitrogens with zero attached hydrogens (tertiary/aromatic N) is 2. The first-order valence-electron chi connectivity index (χ1n) is 2.72. The zero-order valence-electron chi connectivity index (χ0n) is 5.01. The van der Waals surface area contributed by atoms with E-state index in [4.69, 9.17) is 0 Å². The predicted octanol–water partition coefficient (Wildman–Crippen LogP) is 0.955. The van der Waals surface area contributed by atoms with E-state index in [1.54, 1.807) is 0 Å². The molecule has 10 heavy (non-hydrogen) atoms. The second kappa shape index (κ2) is 2.82. The van der Waals surface area contributed by atoms with Crippen molar-refractivity contribution >= 4 is 11.0 Å². The zero-order chi connectivity index (χ0) is 6.10. The van der Waals surface area contributed by atoms with Crippen molar-refractivity contribution in [3.63, 3.8) is 0 Å². The third kappa shape index (κ3) is 1.03. The molecule has 1 aromatic carbocycles. The van der Waals surface area contributed by atoms with Crippen LogP contribution >= 0.6 is 0 Å². The first kappa shape index (κ1) is 7.25. The van der Waals surface area contributed by atoms with Crippen molar-refractivity contribution in [1.82, 2.24) is 15.4 Å². The molecule has 0 saturated heterocycles. The molecule has 0 saturated carbocycles. The fraction of sp³-hybridized carbons (Fsp3) is 0. The van der Waals surface area contributed by atoms with E-state index in [0.29, 0.717) is 0 Å². The summed E-state index contributed by atoms with van der Waals surface area (Å²) in [5.74, 6) is 0. The molecule has 0 radical (unpaired) electrons. The molecule has 3 nitrogen and oxygen atoms in total. The molecule has 0 spiro atoms. The second-order valence-corrected chi connectivity index (χ2v) is 1.81. The molecule has 0 unspecified atom stereocenters. The standard InChI is InChI=1S/C6H5N3.Cu/c1-2-4-6-5(3-1)7-9-8-6;/h1-4H,(H,7,8,9);/q;+1. The molecule has 0 aliphatic rings. The van der Waals surface area contributed by atoms with Crippen LogP contribution in [0.1, 0.15) is 0 Å². The van der Waals surface area contributed by atoms with E-state index in [0.717, 1.165) is 11.0 Å². The first-order valence-corrected chi connectivity index (χ1v) is 2.72. The van der Waals surface area contributed by atoms with E-state index in [2.05, 4.69) is 15.4 Å². The van der Waals surface area contributed by atoms with Crippen molar-refractivity contribution in [3.8, 4) is 0 Å². The van der Waals surface area contributed by atoms with Gasteiger partial charge in [0.2, 0.25) is 0 Å². The second-order valence-electron chi connectivity index (χ2n) is 1.81. The average molecular weight is 183 g/mol. The van der Waals surface area contributed by atoms with E-state index in [9.17, 15) is 0 Å². The molecule has 0 fully saturated rings. The minimum Gasteiger partial charge on any atom is -0.197 e. The third-order valence-corrected chi connectivity index (χ3v) is 1.22. The van der Waals surface area contributed by atoms with Gasteiger partial charge in [0.1, 0.15) is 11.0 Å². The summed E-state index contributed by atoms with van der Waals surface area (Å²) in [6, 6.07) is 7.70. The Morgan fingerprint density at radius 3 is 2.00 bits per heavy atom. The van der Waals surface area contributed by atoms with Gasteiger partial charge in [0.25, 0.3) is 0 Å². The summed E-state index contributed by atoms with van der Waals surface area (Å²) in [5.41, 5.74) is 1.83. The van der Waals surface area contributed by atoms with E-state index in [1.807, 2.05) is 24.3 Å². The number of hydrogen-bond acceptors (Lipinski definition) is 2. The molecule has 0 bridgehead atoms. The number of hydrogen-bond donors (Lipinski definition) is 1. The summed E-state index contributed by atoms with van der Waals surface area (Å²) in [5, 5.41) is 10.3. The van der Waals surface area contributed by atoms with Gasteiger partial charge in [-0.15, -0.1) is 0 Å². The molecule has 0 aliphatic carbocycles. The van der Waals surface area contributed by atoms with Crippen molar-refractivity contribution in [2.75, 3.05) is 0 Å². The maximum absolute atomic E-state index is 3.88. The van der Waals surface area contributed by atoms with Crippen LogP contribution in [0, 0.1) is 0 Å². The van der Waals surface area contributed by atoms with Crippen LogP contribution in [-0.2, 0) is 17.1 Å². The maximum Gasteiger partial charge on any atom is 1.00 e. The summed E-state index contributed by atoms with van der Waals surface area (Å²) >= 11 is 0. The molecule has 1 aromatic heterocycles. The minimum atomic E-state index is 0. The number of H-pyrrole nitrogens is 1. The molecule has 2 aromatic rings. The Balaban J connectivity index is 0.000000500. The summed E-state index contributed by atoms with van der Waals surface area (Å²) in [6.07, 6.45) is 0. The van der Waals surface area contributed by atoms with Gasteiger partial charge in [-0.05, 0) is 12.1 Å². The van der Waals surface area contributed by atoms with Gasteiger partial charge in [-0.2, -0.15) is 15.4 Å². The quantitative estimate of drug-likeness (QED) is 0.617. The summed E-state index contributed by atoms with van der Waals surface area (Å²) in [4.78, 5) is 0. The average Bonchev–Trinajstić information content (AvgIpc) is 2.33. The fourth-order valence-electron chi connectivity index (χ4n) is 0.786. The summed E-state index contributed by atoms with van der Waals surface area (Å²) in [6.45, 7) is 0. The van der Waals surface area contributed by atoms with Gasteiger partial charge in [0.15, 0.2) is 0 Å². The Kier molecular flexibility index (Phi) is 2.04. The first-order chi connectivity index (χ1) is 4.47. The van der Waals surface area contributed by atoms with E-state index in [-0.39, 0.29) is 17.1 Å². The van der Waals surface area contributed by atoms with E-state index in [1.165, 1.54) is 0 Å². The SMILES string of the molecule is [Cu+].c1ccc2n[nH]nc2c1. The minimum absolute atomic E-state index is 0. The molecule has 1 heterocycles. The van der Waals surface area contributed by atoms with Gasteiger partial charge in [-0.25, -0.2) is 0 Å². The number of nitrogens with one attached hydrogen (secondary N) is 1. The summed E-state index contributed by atoms with van der Waals surface area (Å²) in [7, 11) is 0. The van der Waals surface area contributed by atoms with Gasteiger partial charge in [0.05, 0.1) is 0 Å². The van der Waals surface area contributed by atoms with Crippen molar-refractivity contribution in [2.24, 2.45) is 0 Å². The van der Waals surface area contributed by atoms with Crippen LogP contribution in [0.5, 0.6) is 0 Å². The van der Waals surface area contributed by atoms with Crippen LogP contribution in [0.4, 0.5) is 0 Å². The summed E-state index contributed by atoms with van der Waals surface area (Å²) < 4.78 is 0. The van der Waals surface area contributed by atoms with Crippen molar-refractivity contribution in [1.29, 1.82) is 0 Å². The smallest absolute Gasteiger partial charge is 0.197 e. The number of rotatable bonds is 0. The van der Waals surface area contributed by atoms with Crippen LogP contribution < -0.4 is 0 Å². The molecule has 1 N–H and O–H groups in total. The Hall–Kier alpha value is -0.861. The van der Waals surface area contributed by atoms with Gasteiger partial charge in [-0.1, -0.05) is 12.1 Å².